The van der Waals surface area contributed by atoms with Crippen molar-refractivity contribution >= 4 is 11.5 Å². The van der Waals surface area contributed by atoms with Gasteiger partial charge in [0.1, 0.15) is 36.5 Å². The van der Waals surface area contributed by atoms with E-state index < -0.39 is 53.3 Å². The number of carbonyl (C=O) groups excluding carboxylic acids is 1. The monoisotopic (exact) mass is 368 g/mol. The lowest BCUT2D eigenvalue weighted by Crippen LogP contribution is -2.54. The molecule has 1 unspecified atom stereocenters. The number of ketones is 1. The second kappa shape index (κ2) is 6.45. The first-order chi connectivity index (χ1) is 12.2. The van der Waals surface area contributed by atoms with Crippen molar-refractivity contribution in [3.63, 3.8) is 0 Å². The number of halogens is 4. The van der Waals surface area contributed by atoms with Gasteiger partial charge in [-0.05, 0) is 24.3 Å². The predicted molar refractivity (Wildman–Crippen MR) is 81.7 cm³/mol. The summed E-state index contributed by atoms with van der Waals surface area (Å²) in [5.41, 5.74) is -4.90. The minimum atomic E-state index is -4.12. The van der Waals surface area contributed by atoms with Gasteiger partial charge in [0.15, 0.2) is 11.4 Å². The minimum absolute atomic E-state index is 0.389. The van der Waals surface area contributed by atoms with Crippen LogP contribution in [0.25, 0.3) is 0 Å². The summed E-state index contributed by atoms with van der Waals surface area (Å²) >= 11 is 0. The van der Waals surface area contributed by atoms with E-state index in [2.05, 4.69) is 15.1 Å². The molecule has 10 heteroatoms. The lowest BCUT2D eigenvalue weighted by atomic mass is 9.83. The number of carbonyl (C=O) groups is 1. The van der Waals surface area contributed by atoms with E-state index in [4.69, 9.17) is 0 Å². The Morgan fingerprint density at radius 2 is 2.00 bits per heavy atom. The van der Waals surface area contributed by atoms with Gasteiger partial charge in [-0.3, -0.25) is 9.79 Å². The molecule has 2 aromatic rings. The number of nitrogens with zero attached hydrogens (tertiary/aromatic N) is 4. The fourth-order valence-electron chi connectivity index (χ4n) is 2.58. The smallest absolute Gasteiger partial charge is 0.323 e. The molecule has 0 amide bonds. The highest BCUT2D eigenvalue weighted by atomic mass is 19.3. The molecule has 1 aliphatic heterocycles. The molecule has 0 saturated carbocycles. The van der Waals surface area contributed by atoms with E-state index in [1.807, 2.05) is 0 Å². The molecule has 0 radical (unpaired) electrons. The summed E-state index contributed by atoms with van der Waals surface area (Å²) in [6.45, 7) is -1.41. The first kappa shape index (κ1) is 17.9. The van der Waals surface area contributed by atoms with E-state index in [0.29, 0.717) is 6.07 Å². The lowest BCUT2D eigenvalue weighted by Gasteiger charge is -2.36. The molecule has 0 spiro atoms. The maximum Gasteiger partial charge on any atom is 0.323 e. The number of benzene rings is 1. The summed E-state index contributed by atoms with van der Waals surface area (Å²) in [5.74, 6) is -6.95. The summed E-state index contributed by atoms with van der Waals surface area (Å²) < 4.78 is 58.7. The topological polar surface area (TPSA) is 80.4 Å². The van der Waals surface area contributed by atoms with Crippen LogP contribution < -0.4 is 0 Å². The highest BCUT2D eigenvalue weighted by Gasteiger charge is 2.58. The number of hydrogen-bond donors (Lipinski definition) is 1. The van der Waals surface area contributed by atoms with Crippen molar-refractivity contribution in [2.24, 2.45) is 4.99 Å². The zero-order valence-corrected chi connectivity index (χ0v) is 13.1. The van der Waals surface area contributed by atoms with E-state index in [9.17, 15) is 18.7 Å². The third-order valence-corrected chi connectivity index (χ3v) is 3.91. The van der Waals surface area contributed by atoms with Crippen molar-refractivity contribution in [1.82, 2.24) is 14.8 Å². The summed E-state index contributed by atoms with van der Waals surface area (Å²) in [4.78, 5) is 18.3. The lowest BCUT2D eigenvalue weighted by molar-refractivity contribution is -0.154. The molecule has 1 aromatic heterocycles. The average molecular weight is 368 g/mol. The number of aliphatic imine (C=N–C) groups is 1. The molecule has 0 aliphatic carbocycles. The van der Waals surface area contributed by atoms with Crippen LogP contribution in [0.4, 0.5) is 17.6 Å². The van der Waals surface area contributed by atoms with Crippen LogP contribution in [-0.4, -0.2) is 43.8 Å². The van der Waals surface area contributed by atoms with Crippen molar-refractivity contribution < 1.29 is 27.5 Å². The molecule has 1 aliphatic rings. The Kier molecular flexibility index (Phi) is 4.45. The molecule has 0 fully saturated rings. The van der Waals surface area contributed by atoms with Crippen LogP contribution in [0.1, 0.15) is 5.56 Å². The first-order valence-electron chi connectivity index (χ1n) is 7.38. The maximum atomic E-state index is 15.2. The van der Waals surface area contributed by atoms with Crippen LogP contribution in [0, 0.1) is 11.6 Å². The van der Waals surface area contributed by atoms with Gasteiger partial charge in [0.05, 0.1) is 6.54 Å². The highest BCUT2D eigenvalue weighted by molar-refractivity contribution is 6.10. The van der Waals surface area contributed by atoms with Gasteiger partial charge in [-0.15, -0.1) is 0 Å². The fraction of sp³-hybridized carbons (Fsp3) is 0.250. The van der Waals surface area contributed by atoms with Crippen LogP contribution in [0.5, 0.6) is 0 Å². The fourth-order valence-corrected chi connectivity index (χ4v) is 2.58. The van der Waals surface area contributed by atoms with Gasteiger partial charge < -0.3 is 5.11 Å². The van der Waals surface area contributed by atoms with Gasteiger partial charge in [-0.25, -0.2) is 18.4 Å². The Morgan fingerprint density at radius 1 is 1.23 bits per heavy atom. The Balaban J connectivity index is 2.13. The van der Waals surface area contributed by atoms with Crippen molar-refractivity contribution in [2.45, 2.75) is 18.1 Å². The van der Waals surface area contributed by atoms with Gasteiger partial charge >= 0.3 is 5.92 Å². The van der Waals surface area contributed by atoms with E-state index in [1.165, 1.54) is 0 Å². The number of alkyl halides is 2. The van der Waals surface area contributed by atoms with Crippen LogP contribution in [-0.2, 0) is 16.9 Å². The van der Waals surface area contributed by atoms with Crippen LogP contribution in [0.3, 0.4) is 0 Å². The molecule has 1 aromatic carbocycles. The zero-order valence-electron chi connectivity index (χ0n) is 13.1. The van der Waals surface area contributed by atoms with Crippen molar-refractivity contribution in [1.29, 1.82) is 0 Å². The maximum absolute atomic E-state index is 15.2. The summed E-state index contributed by atoms with van der Waals surface area (Å²) in [7, 11) is 0. The highest BCUT2D eigenvalue weighted by Crippen LogP contribution is 2.42. The van der Waals surface area contributed by atoms with Crippen molar-refractivity contribution in [3.05, 3.63) is 60.2 Å². The molecule has 0 saturated heterocycles. The second-order valence-electron chi connectivity index (χ2n) is 5.65. The van der Waals surface area contributed by atoms with Gasteiger partial charge in [-0.1, -0.05) is 0 Å². The number of aliphatic hydroxyl groups is 1. The Bertz CT molecular complexity index is 896. The summed E-state index contributed by atoms with van der Waals surface area (Å²) in [6, 6.07) is 1.87. The first-order valence-corrected chi connectivity index (χ1v) is 7.38. The Hall–Kier alpha value is -2.88. The van der Waals surface area contributed by atoms with Crippen LogP contribution in [0.15, 0.2) is 48.0 Å². The van der Waals surface area contributed by atoms with E-state index in [1.54, 1.807) is 0 Å². The van der Waals surface area contributed by atoms with Gasteiger partial charge in [0, 0.05) is 11.6 Å². The standard InChI is InChI=1S/C16H12F4N4O2/c17-10-1-3-12(13(18)5-10)15(26,7-24-9-21-8-23-24)16(19,20)14-4-2-11(25)6-22-14/h1-5,8-9,26H,6-7H2. The molecule has 2 heterocycles. The third-order valence-electron chi connectivity index (χ3n) is 3.91. The van der Waals surface area contributed by atoms with Crippen molar-refractivity contribution in [2.75, 3.05) is 6.54 Å². The Labute approximate surface area is 144 Å². The van der Waals surface area contributed by atoms with Gasteiger partial charge in [-0.2, -0.15) is 13.9 Å². The molecule has 26 heavy (non-hydrogen) atoms. The van der Waals surface area contributed by atoms with E-state index in [-0.39, 0.29) is 0 Å². The van der Waals surface area contributed by atoms with Gasteiger partial charge in [0.2, 0.25) is 0 Å². The Morgan fingerprint density at radius 3 is 2.58 bits per heavy atom. The molecule has 1 N–H and O–H groups in total. The number of dihydropyridines is 1. The molecular formula is C16H12F4N4O2. The number of aromatic nitrogens is 3. The number of allylic oxidation sites excluding steroid dienone is 1. The average Bonchev–Trinajstić information content (AvgIpc) is 3.07. The quantitative estimate of drug-likeness (QED) is 0.814. The van der Waals surface area contributed by atoms with E-state index >= 15 is 8.78 Å². The summed E-state index contributed by atoms with van der Waals surface area (Å²) in [5, 5.41) is 14.5. The van der Waals surface area contributed by atoms with Crippen LogP contribution in [0.2, 0.25) is 0 Å². The number of rotatable bonds is 5. The second-order valence-corrected chi connectivity index (χ2v) is 5.65. The minimum Gasteiger partial charge on any atom is -0.377 e. The SMILES string of the molecule is O=C1C=CC(C(F)(F)C(O)(Cn2cncn2)c2ccc(F)cc2F)=NC1. The van der Waals surface area contributed by atoms with Gasteiger partial charge in [0.25, 0.3) is 0 Å². The molecular weight excluding hydrogens is 356 g/mol. The molecule has 136 valence electrons. The molecule has 3 rings (SSSR count). The van der Waals surface area contributed by atoms with Crippen LogP contribution >= 0.6 is 0 Å². The molecule has 0 bridgehead atoms. The van der Waals surface area contributed by atoms with E-state index in [0.717, 1.165) is 41.6 Å². The zero-order chi connectivity index (χ0) is 18.9. The number of hydrogen-bond acceptors (Lipinski definition) is 5. The van der Waals surface area contributed by atoms with Crippen molar-refractivity contribution in [3.8, 4) is 0 Å². The predicted octanol–water partition coefficient (Wildman–Crippen LogP) is 1.66. The largest absolute Gasteiger partial charge is 0.377 e. The molecule has 1 atom stereocenters. The third kappa shape index (κ3) is 3.03. The summed E-state index contributed by atoms with van der Waals surface area (Å²) in [6.07, 6.45) is 3.77. The molecule has 6 nitrogen and oxygen atoms in total. The normalized spacial score (nSPS) is 17.1.